The summed E-state index contributed by atoms with van der Waals surface area (Å²) in [7, 11) is 0. The molecule has 0 bridgehead atoms. The van der Waals surface area contributed by atoms with Crippen molar-refractivity contribution < 1.29 is 14.3 Å². The van der Waals surface area contributed by atoms with E-state index in [1.165, 1.54) is 11.8 Å². The lowest BCUT2D eigenvalue weighted by molar-refractivity contribution is -0.119. The average Bonchev–Trinajstić information content (AvgIpc) is 3.18. The molecule has 2 aromatic carbocycles. The Morgan fingerprint density at radius 1 is 1.06 bits per heavy atom. The summed E-state index contributed by atoms with van der Waals surface area (Å²) in [6.45, 7) is 4.76. The second-order valence-corrected chi connectivity index (χ2v) is 7.92. The van der Waals surface area contributed by atoms with Gasteiger partial charge in [-0.15, -0.1) is 10.2 Å². The van der Waals surface area contributed by atoms with Crippen LogP contribution < -0.4 is 15.6 Å². The third kappa shape index (κ3) is 6.47. The molecule has 0 saturated heterocycles. The normalized spacial score (nSPS) is 10.5. The lowest BCUT2D eigenvalue weighted by atomic mass is 10.1. The number of rotatable bonds is 8. The van der Waals surface area contributed by atoms with Gasteiger partial charge in [-0.25, -0.2) is 0 Å². The van der Waals surface area contributed by atoms with E-state index in [2.05, 4.69) is 21.0 Å². The van der Waals surface area contributed by atoms with Crippen molar-refractivity contribution in [2.24, 2.45) is 0 Å². The van der Waals surface area contributed by atoms with Crippen LogP contribution in [0.5, 0.6) is 5.75 Å². The minimum Gasteiger partial charge on any atom is -0.486 e. The number of thioether (sulfide) groups is 1. The Bertz CT molecular complexity index is 1040. The Morgan fingerprint density at radius 2 is 1.77 bits per heavy atom. The molecule has 0 spiro atoms. The van der Waals surface area contributed by atoms with Gasteiger partial charge >= 0.3 is 0 Å². The molecule has 0 aliphatic rings. The molecule has 2 amide bonds. The number of amides is 2. The lowest BCUT2D eigenvalue weighted by Crippen LogP contribution is -2.42. The van der Waals surface area contributed by atoms with Crippen LogP contribution in [0.15, 0.2) is 53.7 Å². The van der Waals surface area contributed by atoms with Crippen molar-refractivity contribution >= 4 is 35.2 Å². The number of nitrogens with zero attached hydrogens (tertiary/aromatic N) is 3. The molecule has 0 unspecified atom stereocenters. The lowest BCUT2D eigenvalue weighted by Gasteiger charge is -2.09. The summed E-state index contributed by atoms with van der Waals surface area (Å²) in [5, 5.41) is 9.53. The van der Waals surface area contributed by atoms with Crippen LogP contribution in [0.2, 0.25) is 5.02 Å². The molecule has 0 radical (unpaired) electrons. The SMILES string of the molecule is CCn1c(COc2ccc(Cl)cc2)nnc1SCC(=O)NNC(=O)c1ccc(C)cc1. The van der Waals surface area contributed by atoms with E-state index in [-0.39, 0.29) is 24.2 Å². The minimum absolute atomic E-state index is 0.0738. The van der Waals surface area contributed by atoms with E-state index in [1.54, 1.807) is 36.4 Å². The van der Waals surface area contributed by atoms with Crippen molar-refractivity contribution in [3.8, 4) is 5.75 Å². The number of nitrogens with one attached hydrogen (secondary N) is 2. The van der Waals surface area contributed by atoms with Gasteiger partial charge in [0, 0.05) is 17.1 Å². The maximum absolute atomic E-state index is 12.1. The average molecular weight is 460 g/mol. The Kier molecular flexibility index (Phi) is 7.91. The highest BCUT2D eigenvalue weighted by Crippen LogP contribution is 2.19. The Balaban J connectivity index is 1.49. The number of aryl methyl sites for hydroxylation is 1. The predicted octanol–water partition coefficient (Wildman–Crippen LogP) is 3.39. The molecule has 2 N–H and O–H groups in total. The molecule has 3 aromatic rings. The number of hydrazine groups is 1. The number of carbonyl (C=O) groups excluding carboxylic acids is 2. The van der Waals surface area contributed by atoms with Crippen LogP contribution in [0.4, 0.5) is 0 Å². The summed E-state index contributed by atoms with van der Waals surface area (Å²) in [5.74, 6) is 0.664. The number of hydrogen-bond donors (Lipinski definition) is 2. The van der Waals surface area contributed by atoms with Crippen molar-refractivity contribution in [2.45, 2.75) is 32.2 Å². The zero-order valence-corrected chi connectivity index (χ0v) is 18.7. The highest BCUT2D eigenvalue weighted by molar-refractivity contribution is 7.99. The van der Waals surface area contributed by atoms with Crippen LogP contribution in [-0.4, -0.2) is 32.3 Å². The van der Waals surface area contributed by atoms with Gasteiger partial charge in [-0.1, -0.05) is 41.1 Å². The van der Waals surface area contributed by atoms with Gasteiger partial charge in [-0.05, 0) is 50.2 Å². The highest BCUT2D eigenvalue weighted by atomic mass is 35.5. The first kappa shape index (κ1) is 22.6. The van der Waals surface area contributed by atoms with E-state index < -0.39 is 0 Å². The first-order chi connectivity index (χ1) is 15.0. The molecule has 8 nitrogen and oxygen atoms in total. The summed E-state index contributed by atoms with van der Waals surface area (Å²) < 4.78 is 7.60. The molecule has 1 heterocycles. The van der Waals surface area contributed by atoms with E-state index in [1.807, 2.05) is 30.5 Å². The van der Waals surface area contributed by atoms with Gasteiger partial charge in [-0.2, -0.15) is 0 Å². The largest absolute Gasteiger partial charge is 0.486 e. The number of aromatic nitrogens is 3. The fraction of sp³-hybridized carbons (Fsp3) is 0.238. The zero-order valence-electron chi connectivity index (χ0n) is 17.1. The zero-order chi connectivity index (χ0) is 22.2. The van der Waals surface area contributed by atoms with E-state index >= 15 is 0 Å². The van der Waals surface area contributed by atoms with Crippen LogP contribution >= 0.6 is 23.4 Å². The van der Waals surface area contributed by atoms with Gasteiger partial charge in [0.05, 0.1) is 5.75 Å². The molecule has 3 rings (SSSR count). The first-order valence-electron chi connectivity index (χ1n) is 9.55. The number of benzene rings is 2. The maximum Gasteiger partial charge on any atom is 0.269 e. The third-order valence-corrected chi connectivity index (χ3v) is 5.47. The van der Waals surface area contributed by atoms with Crippen LogP contribution in [0.25, 0.3) is 0 Å². The van der Waals surface area contributed by atoms with Crippen molar-refractivity contribution in [1.29, 1.82) is 0 Å². The molecule has 0 atom stereocenters. The standard InChI is InChI=1S/C21H22ClN5O3S/c1-3-27-18(12-30-17-10-8-16(22)9-11-17)23-26-21(27)31-13-19(28)24-25-20(29)15-6-4-14(2)5-7-15/h4-11H,3,12-13H2,1-2H3,(H,24,28)(H,25,29). The Morgan fingerprint density at radius 3 is 2.45 bits per heavy atom. The summed E-state index contributed by atoms with van der Waals surface area (Å²) in [6, 6.07) is 14.1. The maximum atomic E-state index is 12.1. The Hall–Kier alpha value is -3.04. The summed E-state index contributed by atoms with van der Waals surface area (Å²) in [6.07, 6.45) is 0. The van der Waals surface area contributed by atoms with Crippen molar-refractivity contribution in [3.63, 3.8) is 0 Å². The topological polar surface area (TPSA) is 98.1 Å². The van der Waals surface area contributed by atoms with Gasteiger partial charge < -0.3 is 9.30 Å². The number of halogens is 1. The van der Waals surface area contributed by atoms with E-state index in [0.717, 1.165) is 5.56 Å². The van der Waals surface area contributed by atoms with Crippen LogP contribution in [0.1, 0.15) is 28.7 Å². The molecular formula is C21H22ClN5O3S. The molecule has 31 heavy (non-hydrogen) atoms. The number of ether oxygens (including phenoxy) is 1. The van der Waals surface area contributed by atoms with Crippen molar-refractivity contribution in [3.05, 3.63) is 70.5 Å². The molecule has 162 valence electrons. The molecule has 0 aliphatic carbocycles. The summed E-state index contributed by atoms with van der Waals surface area (Å²) >= 11 is 7.10. The van der Waals surface area contributed by atoms with E-state index in [0.29, 0.717) is 33.9 Å². The molecule has 0 saturated carbocycles. The molecule has 1 aromatic heterocycles. The van der Waals surface area contributed by atoms with E-state index in [4.69, 9.17) is 16.3 Å². The summed E-state index contributed by atoms with van der Waals surface area (Å²) in [5.41, 5.74) is 6.33. The molecule has 0 aliphatic heterocycles. The highest BCUT2D eigenvalue weighted by Gasteiger charge is 2.14. The van der Waals surface area contributed by atoms with Crippen molar-refractivity contribution in [2.75, 3.05) is 5.75 Å². The minimum atomic E-state index is -0.378. The van der Waals surface area contributed by atoms with Gasteiger partial charge in [0.2, 0.25) is 5.91 Å². The third-order valence-electron chi connectivity index (χ3n) is 4.25. The second kappa shape index (κ2) is 10.8. The first-order valence-corrected chi connectivity index (χ1v) is 10.9. The number of hydrogen-bond acceptors (Lipinski definition) is 6. The van der Waals surface area contributed by atoms with Gasteiger partial charge in [-0.3, -0.25) is 20.4 Å². The fourth-order valence-corrected chi connectivity index (χ4v) is 3.55. The fourth-order valence-electron chi connectivity index (χ4n) is 2.60. The second-order valence-electron chi connectivity index (χ2n) is 6.54. The van der Waals surface area contributed by atoms with Crippen LogP contribution in [0.3, 0.4) is 0 Å². The predicted molar refractivity (Wildman–Crippen MR) is 119 cm³/mol. The van der Waals surface area contributed by atoms with Gasteiger partial charge in [0.1, 0.15) is 12.4 Å². The molecule has 10 heteroatoms. The van der Waals surface area contributed by atoms with Gasteiger partial charge in [0.25, 0.3) is 5.91 Å². The Labute approximate surface area is 189 Å². The number of carbonyl (C=O) groups is 2. The smallest absolute Gasteiger partial charge is 0.269 e. The van der Waals surface area contributed by atoms with Crippen molar-refractivity contribution in [1.82, 2.24) is 25.6 Å². The van der Waals surface area contributed by atoms with Crippen LogP contribution in [-0.2, 0) is 17.9 Å². The van der Waals surface area contributed by atoms with E-state index in [9.17, 15) is 9.59 Å². The van der Waals surface area contributed by atoms with Crippen LogP contribution in [0, 0.1) is 6.92 Å². The molecular weight excluding hydrogens is 438 g/mol. The summed E-state index contributed by atoms with van der Waals surface area (Å²) in [4.78, 5) is 24.2. The molecule has 0 fully saturated rings. The monoisotopic (exact) mass is 459 g/mol. The quantitative estimate of drug-likeness (QED) is 0.396. The van der Waals surface area contributed by atoms with Gasteiger partial charge in [0.15, 0.2) is 11.0 Å².